The summed E-state index contributed by atoms with van der Waals surface area (Å²) in [6, 6.07) is 0. The Balaban J connectivity index is 1.81. The van der Waals surface area contributed by atoms with Gasteiger partial charge in [0.25, 0.3) is 0 Å². The topological polar surface area (TPSA) is 83.8 Å². The average molecular weight is 366 g/mol. The van der Waals surface area contributed by atoms with Gasteiger partial charge < -0.3 is 14.9 Å². The van der Waals surface area contributed by atoms with Crippen molar-refractivity contribution in [3.05, 3.63) is 11.6 Å². The molecule has 5 heteroatoms. The number of rotatable bonds is 12. The van der Waals surface area contributed by atoms with Crippen molar-refractivity contribution < 1.29 is 24.5 Å². The van der Waals surface area contributed by atoms with Crippen LogP contribution in [-0.4, -0.2) is 41.3 Å². The summed E-state index contributed by atoms with van der Waals surface area (Å²) in [6.07, 6.45) is 8.93. The molecule has 0 aliphatic heterocycles. The SMILES string of the molecule is CCCC(C)CCCC(=O)[C@H]1[C@@H]2C=C(CCOCC(=O)O)C[C@@H]2C[C@@H]1O. The highest BCUT2D eigenvalue weighted by molar-refractivity contribution is 5.82. The lowest BCUT2D eigenvalue weighted by molar-refractivity contribution is -0.142. The third-order valence-electron chi connectivity index (χ3n) is 5.94. The molecule has 2 aliphatic rings. The number of hydrogen-bond acceptors (Lipinski definition) is 4. The summed E-state index contributed by atoms with van der Waals surface area (Å²) in [5, 5.41) is 19.0. The average Bonchev–Trinajstić information content (AvgIpc) is 3.07. The number of fused-ring (bicyclic) bond motifs is 1. The lowest BCUT2D eigenvalue weighted by atomic mass is 9.86. The second kappa shape index (κ2) is 10.2. The highest BCUT2D eigenvalue weighted by atomic mass is 16.5. The quantitative estimate of drug-likeness (QED) is 0.407. The summed E-state index contributed by atoms with van der Waals surface area (Å²) in [4.78, 5) is 23.2. The van der Waals surface area contributed by atoms with Crippen LogP contribution in [0.1, 0.15) is 65.2 Å². The molecule has 5 nitrogen and oxygen atoms in total. The van der Waals surface area contributed by atoms with E-state index in [0.717, 1.165) is 19.3 Å². The Labute approximate surface area is 156 Å². The van der Waals surface area contributed by atoms with Gasteiger partial charge in [-0.2, -0.15) is 0 Å². The molecule has 0 aromatic rings. The van der Waals surface area contributed by atoms with Gasteiger partial charge in [-0.15, -0.1) is 0 Å². The van der Waals surface area contributed by atoms with E-state index in [1.807, 2.05) is 0 Å². The first kappa shape index (κ1) is 21.1. The van der Waals surface area contributed by atoms with E-state index < -0.39 is 12.1 Å². The number of aliphatic hydroxyl groups is 1. The Hall–Kier alpha value is -1.20. The van der Waals surface area contributed by atoms with E-state index in [-0.39, 0.29) is 24.2 Å². The fraction of sp³-hybridized carbons (Fsp3) is 0.810. The van der Waals surface area contributed by atoms with Gasteiger partial charge in [-0.05, 0) is 43.4 Å². The van der Waals surface area contributed by atoms with Crippen molar-refractivity contribution in [2.75, 3.05) is 13.2 Å². The molecule has 1 saturated carbocycles. The molecule has 5 atom stereocenters. The molecule has 2 rings (SSSR count). The monoisotopic (exact) mass is 366 g/mol. The molecule has 1 fully saturated rings. The number of ether oxygens (including phenoxy) is 1. The maximum absolute atomic E-state index is 12.7. The van der Waals surface area contributed by atoms with Gasteiger partial charge in [-0.25, -0.2) is 4.79 Å². The minimum atomic E-state index is -0.954. The third kappa shape index (κ3) is 5.92. The summed E-state index contributed by atoms with van der Waals surface area (Å²) >= 11 is 0. The van der Waals surface area contributed by atoms with Crippen molar-refractivity contribution in [2.45, 2.75) is 71.3 Å². The van der Waals surface area contributed by atoms with Crippen LogP contribution in [0.2, 0.25) is 0 Å². The molecule has 0 heterocycles. The number of carboxylic acids is 1. The van der Waals surface area contributed by atoms with Gasteiger partial charge in [0.1, 0.15) is 12.4 Å². The first-order chi connectivity index (χ1) is 12.4. The number of ketones is 1. The molecule has 148 valence electrons. The van der Waals surface area contributed by atoms with E-state index in [1.54, 1.807) is 0 Å². The van der Waals surface area contributed by atoms with Gasteiger partial charge in [0, 0.05) is 6.42 Å². The summed E-state index contributed by atoms with van der Waals surface area (Å²) in [7, 11) is 0. The van der Waals surface area contributed by atoms with Crippen LogP contribution in [0.3, 0.4) is 0 Å². The molecular weight excluding hydrogens is 332 g/mol. The molecule has 2 aliphatic carbocycles. The molecule has 26 heavy (non-hydrogen) atoms. The number of carboxylic acid groups (broad SMARTS) is 1. The Morgan fingerprint density at radius 1 is 1.35 bits per heavy atom. The fourth-order valence-corrected chi connectivity index (χ4v) is 4.71. The van der Waals surface area contributed by atoms with Crippen LogP contribution in [0.15, 0.2) is 11.6 Å². The van der Waals surface area contributed by atoms with Gasteiger partial charge in [0.15, 0.2) is 0 Å². The number of aliphatic hydroxyl groups excluding tert-OH is 1. The van der Waals surface area contributed by atoms with Crippen molar-refractivity contribution in [2.24, 2.45) is 23.7 Å². The number of carbonyl (C=O) groups excluding carboxylic acids is 1. The van der Waals surface area contributed by atoms with Crippen molar-refractivity contribution >= 4 is 11.8 Å². The maximum atomic E-state index is 12.7. The van der Waals surface area contributed by atoms with E-state index in [1.165, 1.54) is 18.4 Å². The maximum Gasteiger partial charge on any atom is 0.329 e. The Morgan fingerprint density at radius 3 is 2.81 bits per heavy atom. The smallest absolute Gasteiger partial charge is 0.329 e. The van der Waals surface area contributed by atoms with Gasteiger partial charge in [-0.1, -0.05) is 44.8 Å². The molecule has 0 spiro atoms. The molecular formula is C21H34O5. The predicted molar refractivity (Wildman–Crippen MR) is 99.8 cm³/mol. The largest absolute Gasteiger partial charge is 0.480 e. The van der Waals surface area contributed by atoms with Gasteiger partial charge in [0.2, 0.25) is 0 Å². The minimum absolute atomic E-state index is 0.153. The Morgan fingerprint density at radius 2 is 2.12 bits per heavy atom. The van der Waals surface area contributed by atoms with Crippen LogP contribution >= 0.6 is 0 Å². The van der Waals surface area contributed by atoms with Crippen LogP contribution in [0.4, 0.5) is 0 Å². The number of aliphatic carboxylic acids is 1. The summed E-state index contributed by atoms with van der Waals surface area (Å²) in [6.45, 7) is 4.56. The Kier molecular flexibility index (Phi) is 8.29. The third-order valence-corrected chi connectivity index (χ3v) is 5.94. The zero-order valence-electron chi connectivity index (χ0n) is 16.2. The number of hydrogen-bond donors (Lipinski definition) is 2. The molecule has 1 unspecified atom stereocenters. The van der Waals surface area contributed by atoms with Crippen LogP contribution in [-0.2, 0) is 14.3 Å². The number of carbonyl (C=O) groups is 2. The van der Waals surface area contributed by atoms with Crippen LogP contribution in [0.25, 0.3) is 0 Å². The van der Waals surface area contributed by atoms with E-state index >= 15 is 0 Å². The molecule has 2 N–H and O–H groups in total. The van der Waals surface area contributed by atoms with E-state index in [9.17, 15) is 14.7 Å². The molecule has 0 bridgehead atoms. The highest BCUT2D eigenvalue weighted by Gasteiger charge is 2.47. The second-order valence-corrected chi connectivity index (χ2v) is 8.14. The van der Waals surface area contributed by atoms with Gasteiger partial charge in [-0.3, -0.25) is 4.79 Å². The molecule has 0 saturated heterocycles. The van der Waals surface area contributed by atoms with Gasteiger partial charge in [0.05, 0.1) is 18.6 Å². The molecule has 0 amide bonds. The van der Waals surface area contributed by atoms with Crippen molar-refractivity contribution in [1.82, 2.24) is 0 Å². The molecule has 0 radical (unpaired) electrons. The lowest BCUT2D eigenvalue weighted by Crippen LogP contribution is -2.27. The van der Waals surface area contributed by atoms with Crippen LogP contribution in [0, 0.1) is 23.7 Å². The molecule has 0 aromatic heterocycles. The Bertz CT molecular complexity index is 513. The highest BCUT2D eigenvalue weighted by Crippen LogP contribution is 2.48. The zero-order chi connectivity index (χ0) is 19.1. The predicted octanol–water partition coefficient (Wildman–Crippen LogP) is 3.60. The van der Waals surface area contributed by atoms with Crippen LogP contribution in [0.5, 0.6) is 0 Å². The van der Waals surface area contributed by atoms with Crippen molar-refractivity contribution in [3.8, 4) is 0 Å². The summed E-state index contributed by atoms with van der Waals surface area (Å²) in [5.41, 5.74) is 1.24. The number of allylic oxidation sites excluding steroid dienone is 1. The van der Waals surface area contributed by atoms with Crippen molar-refractivity contribution in [3.63, 3.8) is 0 Å². The van der Waals surface area contributed by atoms with Crippen molar-refractivity contribution in [1.29, 1.82) is 0 Å². The summed E-state index contributed by atoms with van der Waals surface area (Å²) in [5.74, 6) is 0.182. The lowest BCUT2D eigenvalue weighted by Gasteiger charge is -2.19. The minimum Gasteiger partial charge on any atom is -0.480 e. The van der Waals surface area contributed by atoms with E-state index in [2.05, 4.69) is 19.9 Å². The number of Topliss-reactive ketones (excluding diaryl/α,β-unsaturated/α-hetero) is 1. The fourth-order valence-electron chi connectivity index (χ4n) is 4.71. The van der Waals surface area contributed by atoms with E-state index in [4.69, 9.17) is 9.84 Å². The van der Waals surface area contributed by atoms with E-state index in [0.29, 0.717) is 37.7 Å². The second-order valence-electron chi connectivity index (χ2n) is 8.14. The zero-order valence-corrected chi connectivity index (χ0v) is 16.2. The normalized spacial score (nSPS) is 28.7. The first-order valence-corrected chi connectivity index (χ1v) is 10.1. The molecule has 0 aromatic carbocycles. The standard InChI is InChI=1S/C21H34O5/c1-3-5-14(2)6-4-7-18(22)21-17-11-15(8-9-26-13-20(24)25)10-16(17)12-19(21)23/h11,14,16-17,19,21,23H,3-10,12-13H2,1-2H3,(H,24,25)/t14?,16-,17-,19+,21-/m1/s1. The van der Waals surface area contributed by atoms with Gasteiger partial charge >= 0.3 is 5.97 Å². The van der Waals surface area contributed by atoms with Crippen LogP contribution < -0.4 is 0 Å². The summed E-state index contributed by atoms with van der Waals surface area (Å²) < 4.78 is 5.11. The first-order valence-electron chi connectivity index (χ1n) is 10.1.